The zero-order valence-electron chi connectivity index (χ0n) is 17.6. The lowest BCUT2D eigenvalue weighted by Gasteiger charge is -2.18. The summed E-state index contributed by atoms with van der Waals surface area (Å²) in [6, 6.07) is 10.1. The number of carbonyl (C=O) groups is 2. The van der Waals surface area contributed by atoms with E-state index in [0.29, 0.717) is 11.8 Å². The molecule has 31 heavy (non-hydrogen) atoms. The number of rotatable bonds is 9. The first-order chi connectivity index (χ1) is 14.9. The summed E-state index contributed by atoms with van der Waals surface area (Å²) in [6.45, 7) is 7.83. The SMILES string of the molecule is CCN(CC)CCn1ccc2cc(NC(=O)CNC(=O)c3cc(F)cc(F)c3)ccc21. The van der Waals surface area contributed by atoms with E-state index in [4.69, 9.17) is 0 Å². The summed E-state index contributed by atoms with van der Waals surface area (Å²) in [6.07, 6.45) is 2.03. The molecule has 0 saturated heterocycles. The number of fused-ring (bicyclic) bond motifs is 1. The number of aromatic nitrogens is 1. The van der Waals surface area contributed by atoms with Gasteiger partial charge >= 0.3 is 0 Å². The number of hydrogen-bond donors (Lipinski definition) is 2. The first kappa shape index (κ1) is 22.4. The number of benzene rings is 2. The molecule has 0 fully saturated rings. The molecule has 8 heteroatoms. The van der Waals surface area contributed by atoms with Crippen LogP contribution in [0.1, 0.15) is 24.2 Å². The topological polar surface area (TPSA) is 66.4 Å². The minimum Gasteiger partial charge on any atom is -0.346 e. The minimum absolute atomic E-state index is 0.183. The van der Waals surface area contributed by atoms with E-state index in [1.807, 2.05) is 24.4 Å². The minimum atomic E-state index is -0.855. The van der Waals surface area contributed by atoms with E-state index in [2.05, 4.69) is 33.9 Å². The Bertz CT molecular complexity index is 1060. The highest BCUT2D eigenvalue weighted by Gasteiger charge is 2.12. The molecule has 0 aliphatic rings. The van der Waals surface area contributed by atoms with Crippen LogP contribution in [0.25, 0.3) is 10.9 Å². The number of nitrogens with zero attached hydrogens (tertiary/aromatic N) is 2. The lowest BCUT2D eigenvalue weighted by Crippen LogP contribution is -2.33. The summed E-state index contributed by atoms with van der Waals surface area (Å²) in [5.74, 6) is -2.88. The molecule has 3 aromatic rings. The summed E-state index contributed by atoms with van der Waals surface area (Å²) in [5.41, 5.74) is 1.49. The standard InChI is InChI=1S/C23H26F2N4O2/c1-3-28(4-2)9-10-29-8-7-16-13-20(5-6-21(16)29)27-22(30)15-26-23(31)17-11-18(24)14-19(25)12-17/h5-8,11-14H,3-4,9-10,15H2,1-2H3,(H,26,31)(H,27,30). The summed E-state index contributed by atoms with van der Waals surface area (Å²) < 4.78 is 28.6. The van der Waals surface area contributed by atoms with Crippen LogP contribution in [0.15, 0.2) is 48.7 Å². The maximum absolute atomic E-state index is 13.2. The maximum Gasteiger partial charge on any atom is 0.251 e. The molecule has 0 atom stereocenters. The van der Waals surface area contributed by atoms with Gasteiger partial charge in [-0.1, -0.05) is 13.8 Å². The van der Waals surface area contributed by atoms with Gasteiger partial charge in [0.05, 0.1) is 6.54 Å². The van der Waals surface area contributed by atoms with Crippen molar-refractivity contribution in [1.29, 1.82) is 0 Å². The van der Waals surface area contributed by atoms with E-state index in [1.165, 1.54) is 0 Å². The molecule has 2 aromatic carbocycles. The lowest BCUT2D eigenvalue weighted by atomic mass is 10.2. The zero-order valence-corrected chi connectivity index (χ0v) is 17.6. The molecule has 0 spiro atoms. The van der Waals surface area contributed by atoms with Crippen LogP contribution < -0.4 is 10.6 Å². The smallest absolute Gasteiger partial charge is 0.251 e. The van der Waals surface area contributed by atoms with Crippen LogP contribution in [0.2, 0.25) is 0 Å². The van der Waals surface area contributed by atoms with Crippen molar-refractivity contribution in [2.24, 2.45) is 0 Å². The third kappa shape index (κ3) is 5.88. The number of hydrogen-bond acceptors (Lipinski definition) is 3. The first-order valence-electron chi connectivity index (χ1n) is 10.2. The Balaban J connectivity index is 1.57. The van der Waals surface area contributed by atoms with Crippen LogP contribution >= 0.6 is 0 Å². The predicted octanol–water partition coefficient (Wildman–Crippen LogP) is 3.63. The van der Waals surface area contributed by atoms with Crippen molar-refractivity contribution < 1.29 is 18.4 Å². The predicted molar refractivity (Wildman–Crippen MR) is 117 cm³/mol. The van der Waals surface area contributed by atoms with Gasteiger partial charge in [-0.15, -0.1) is 0 Å². The van der Waals surface area contributed by atoms with Crippen molar-refractivity contribution in [1.82, 2.24) is 14.8 Å². The number of nitrogens with one attached hydrogen (secondary N) is 2. The van der Waals surface area contributed by atoms with Gasteiger partial charge in [0.1, 0.15) is 11.6 Å². The molecule has 1 aromatic heterocycles. The van der Waals surface area contributed by atoms with E-state index in [-0.39, 0.29) is 12.1 Å². The van der Waals surface area contributed by atoms with Gasteiger partial charge in [0.2, 0.25) is 5.91 Å². The molecular formula is C23H26F2N4O2. The van der Waals surface area contributed by atoms with E-state index in [9.17, 15) is 18.4 Å². The molecule has 6 nitrogen and oxygen atoms in total. The van der Waals surface area contributed by atoms with Gasteiger partial charge in [0.25, 0.3) is 5.91 Å². The van der Waals surface area contributed by atoms with Crippen molar-refractivity contribution in [2.45, 2.75) is 20.4 Å². The quantitative estimate of drug-likeness (QED) is 0.547. The molecular weight excluding hydrogens is 402 g/mol. The van der Waals surface area contributed by atoms with Crippen LogP contribution in [0.4, 0.5) is 14.5 Å². The van der Waals surface area contributed by atoms with Crippen LogP contribution in [0, 0.1) is 11.6 Å². The number of halogens is 2. The zero-order chi connectivity index (χ0) is 22.4. The highest BCUT2D eigenvalue weighted by molar-refractivity contribution is 6.00. The van der Waals surface area contributed by atoms with Crippen LogP contribution in [0.3, 0.4) is 0 Å². The highest BCUT2D eigenvalue weighted by Crippen LogP contribution is 2.20. The largest absolute Gasteiger partial charge is 0.346 e. The van der Waals surface area contributed by atoms with E-state index >= 15 is 0 Å². The molecule has 2 amide bonds. The fraction of sp³-hybridized carbons (Fsp3) is 0.304. The average Bonchev–Trinajstić information content (AvgIpc) is 3.14. The molecule has 0 aliphatic heterocycles. The number of likely N-dealkylation sites (N-methyl/N-ethyl adjacent to an activating group) is 1. The van der Waals surface area contributed by atoms with Crippen molar-refractivity contribution >= 4 is 28.4 Å². The summed E-state index contributed by atoms with van der Waals surface area (Å²) in [4.78, 5) is 26.5. The Kier molecular flexibility index (Phi) is 7.36. The molecule has 0 aliphatic carbocycles. The Hall–Kier alpha value is -3.26. The van der Waals surface area contributed by atoms with Crippen molar-refractivity contribution in [3.05, 3.63) is 65.9 Å². The molecule has 0 radical (unpaired) electrons. The fourth-order valence-electron chi connectivity index (χ4n) is 3.41. The van der Waals surface area contributed by atoms with Gasteiger partial charge in [0.15, 0.2) is 0 Å². The molecule has 0 unspecified atom stereocenters. The first-order valence-corrected chi connectivity index (χ1v) is 10.2. The molecule has 0 saturated carbocycles. The molecule has 0 bridgehead atoms. The van der Waals surface area contributed by atoms with Gasteiger partial charge < -0.3 is 20.1 Å². The summed E-state index contributed by atoms with van der Waals surface area (Å²) in [5, 5.41) is 6.08. The van der Waals surface area contributed by atoms with Crippen LogP contribution in [-0.4, -0.2) is 47.5 Å². The van der Waals surface area contributed by atoms with Gasteiger partial charge in [-0.05, 0) is 49.5 Å². The monoisotopic (exact) mass is 428 g/mol. The second-order valence-electron chi connectivity index (χ2n) is 7.20. The number of amides is 2. The van der Waals surface area contributed by atoms with Crippen molar-refractivity contribution in [2.75, 3.05) is 31.5 Å². The molecule has 2 N–H and O–H groups in total. The van der Waals surface area contributed by atoms with Gasteiger partial charge in [-0.25, -0.2) is 8.78 Å². The van der Waals surface area contributed by atoms with E-state index in [1.54, 1.807) is 6.07 Å². The normalized spacial score (nSPS) is 11.1. The third-order valence-corrected chi connectivity index (χ3v) is 5.14. The lowest BCUT2D eigenvalue weighted by molar-refractivity contribution is -0.115. The van der Waals surface area contributed by atoms with Gasteiger partial charge in [-0.3, -0.25) is 9.59 Å². The average molecular weight is 428 g/mol. The second kappa shape index (κ2) is 10.2. The Morgan fingerprint density at radius 1 is 1.00 bits per heavy atom. The molecule has 1 heterocycles. The Morgan fingerprint density at radius 2 is 1.71 bits per heavy atom. The maximum atomic E-state index is 13.2. The fourth-order valence-corrected chi connectivity index (χ4v) is 3.41. The van der Waals surface area contributed by atoms with Crippen LogP contribution in [0.5, 0.6) is 0 Å². The third-order valence-electron chi connectivity index (χ3n) is 5.14. The van der Waals surface area contributed by atoms with Crippen molar-refractivity contribution in [3.63, 3.8) is 0 Å². The van der Waals surface area contributed by atoms with E-state index < -0.39 is 23.4 Å². The molecule has 164 valence electrons. The highest BCUT2D eigenvalue weighted by atomic mass is 19.1. The van der Waals surface area contributed by atoms with E-state index in [0.717, 1.165) is 49.2 Å². The number of carbonyl (C=O) groups excluding carboxylic acids is 2. The summed E-state index contributed by atoms with van der Waals surface area (Å²) in [7, 11) is 0. The summed E-state index contributed by atoms with van der Waals surface area (Å²) >= 11 is 0. The van der Waals surface area contributed by atoms with Crippen molar-refractivity contribution in [3.8, 4) is 0 Å². The van der Waals surface area contributed by atoms with Gasteiger partial charge in [0, 0.05) is 47.5 Å². The van der Waals surface area contributed by atoms with Crippen LogP contribution in [-0.2, 0) is 11.3 Å². The second-order valence-corrected chi connectivity index (χ2v) is 7.20. The molecule has 3 rings (SSSR count). The Labute approximate surface area is 179 Å². The van der Waals surface area contributed by atoms with Gasteiger partial charge in [-0.2, -0.15) is 0 Å². The Morgan fingerprint density at radius 3 is 2.39 bits per heavy atom. The number of anilines is 1.